The molecule has 0 aliphatic rings. The second-order valence-corrected chi connectivity index (χ2v) is 4.93. The third kappa shape index (κ3) is 3.91. The molecular formula is C15H18N4O3. The number of nitrogens with zero attached hydrogens (tertiary/aromatic N) is 2. The van der Waals surface area contributed by atoms with Crippen LogP contribution in [0.5, 0.6) is 0 Å². The van der Waals surface area contributed by atoms with Gasteiger partial charge in [-0.2, -0.15) is 0 Å². The minimum Gasteiger partial charge on any atom is -0.361 e. The molecule has 0 spiro atoms. The summed E-state index contributed by atoms with van der Waals surface area (Å²) in [4.78, 5) is 27.2. The maximum atomic E-state index is 12.2. The number of aromatic nitrogens is 2. The highest BCUT2D eigenvalue weighted by molar-refractivity contribution is 5.94. The summed E-state index contributed by atoms with van der Waals surface area (Å²) < 4.78 is 5.06. The maximum absolute atomic E-state index is 12.2. The summed E-state index contributed by atoms with van der Waals surface area (Å²) in [6.07, 6.45) is 1.54. The highest BCUT2D eigenvalue weighted by Gasteiger charge is 2.12. The fourth-order valence-corrected chi connectivity index (χ4v) is 1.96. The summed E-state index contributed by atoms with van der Waals surface area (Å²) in [5, 5.41) is 9.31. The number of carbonyl (C=O) groups excluding carboxylic acids is 2. The molecule has 2 aromatic heterocycles. The highest BCUT2D eigenvalue weighted by Crippen LogP contribution is 2.12. The molecule has 2 amide bonds. The van der Waals surface area contributed by atoms with Gasteiger partial charge in [0.25, 0.3) is 5.91 Å². The fourth-order valence-electron chi connectivity index (χ4n) is 1.96. The smallest absolute Gasteiger partial charge is 0.251 e. The van der Waals surface area contributed by atoms with Crippen LogP contribution in [-0.4, -0.2) is 22.0 Å². The van der Waals surface area contributed by atoms with Gasteiger partial charge in [0.2, 0.25) is 5.91 Å². The number of pyridine rings is 1. The third-order valence-corrected chi connectivity index (χ3v) is 3.20. The number of rotatable bonds is 5. The van der Waals surface area contributed by atoms with E-state index >= 15 is 0 Å². The molecule has 0 saturated carbocycles. The van der Waals surface area contributed by atoms with Gasteiger partial charge in [-0.15, -0.1) is 0 Å². The topological polar surface area (TPSA) is 97.1 Å². The lowest BCUT2D eigenvalue weighted by molar-refractivity contribution is -0.119. The number of aryl methyl sites for hydroxylation is 2. The van der Waals surface area contributed by atoms with Crippen molar-refractivity contribution in [3.8, 4) is 0 Å². The Kier molecular flexibility index (Phi) is 4.88. The van der Waals surface area contributed by atoms with Crippen molar-refractivity contribution in [2.24, 2.45) is 0 Å². The summed E-state index contributed by atoms with van der Waals surface area (Å²) in [6.45, 7) is 5.71. The van der Waals surface area contributed by atoms with Crippen molar-refractivity contribution in [2.45, 2.75) is 33.9 Å². The van der Waals surface area contributed by atoms with Crippen LogP contribution in [0, 0.1) is 13.8 Å². The maximum Gasteiger partial charge on any atom is 0.251 e. The SMILES string of the molecule is CC(=O)NCc1cc(C(=O)NCc2c(C)noc2C)ccn1. The first-order valence-electron chi connectivity index (χ1n) is 6.86. The lowest BCUT2D eigenvalue weighted by Crippen LogP contribution is -2.24. The van der Waals surface area contributed by atoms with Crippen molar-refractivity contribution in [3.63, 3.8) is 0 Å². The zero-order valence-corrected chi connectivity index (χ0v) is 12.8. The van der Waals surface area contributed by atoms with E-state index in [9.17, 15) is 9.59 Å². The van der Waals surface area contributed by atoms with Crippen molar-refractivity contribution >= 4 is 11.8 Å². The van der Waals surface area contributed by atoms with Gasteiger partial charge in [-0.05, 0) is 26.0 Å². The van der Waals surface area contributed by atoms with Crippen LogP contribution in [0.25, 0.3) is 0 Å². The van der Waals surface area contributed by atoms with E-state index in [1.54, 1.807) is 25.3 Å². The Labute approximate surface area is 128 Å². The molecule has 7 nitrogen and oxygen atoms in total. The Hall–Kier alpha value is -2.70. The summed E-state index contributed by atoms with van der Waals surface area (Å²) in [5.41, 5.74) is 2.75. The van der Waals surface area contributed by atoms with Gasteiger partial charge in [-0.3, -0.25) is 14.6 Å². The minimum absolute atomic E-state index is 0.143. The van der Waals surface area contributed by atoms with Crippen LogP contribution < -0.4 is 10.6 Å². The molecule has 0 unspecified atom stereocenters. The lowest BCUT2D eigenvalue weighted by Gasteiger charge is -2.07. The quantitative estimate of drug-likeness (QED) is 0.866. The van der Waals surface area contributed by atoms with Crippen molar-refractivity contribution in [2.75, 3.05) is 0 Å². The fraction of sp³-hybridized carbons (Fsp3) is 0.333. The van der Waals surface area contributed by atoms with Crippen molar-refractivity contribution in [1.82, 2.24) is 20.8 Å². The van der Waals surface area contributed by atoms with Gasteiger partial charge in [0.1, 0.15) is 5.76 Å². The Morgan fingerprint density at radius 3 is 2.64 bits per heavy atom. The molecule has 0 bridgehead atoms. The monoisotopic (exact) mass is 302 g/mol. The van der Waals surface area contributed by atoms with E-state index in [1.807, 2.05) is 6.92 Å². The van der Waals surface area contributed by atoms with E-state index in [-0.39, 0.29) is 11.8 Å². The van der Waals surface area contributed by atoms with E-state index in [0.717, 1.165) is 11.3 Å². The highest BCUT2D eigenvalue weighted by atomic mass is 16.5. The normalized spacial score (nSPS) is 10.3. The van der Waals surface area contributed by atoms with Crippen LogP contribution >= 0.6 is 0 Å². The first-order chi connectivity index (χ1) is 10.5. The van der Waals surface area contributed by atoms with E-state index in [4.69, 9.17) is 4.52 Å². The lowest BCUT2D eigenvalue weighted by atomic mass is 10.2. The number of amides is 2. The van der Waals surface area contributed by atoms with E-state index in [1.165, 1.54) is 6.92 Å². The number of carbonyl (C=O) groups is 2. The largest absolute Gasteiger partial charge is 0.361 e. The molecular weight excluding hydrogens is 284 g/mol. The van der Waals surface area contributed by atoms with Gasteiger partial charge in [0.15, 0.2) is 0 Å². The second kappa shape index (κ2) is 6.84. The standard InChI is InChI=1S/C15H18N4O3/c1-9-14(10(2)22-19-9)8-18-15(21)12-4-5-16-13(6-12)7-17-11(3)20/h4-6H,7-8H2,1-3H3,(H,17,20)(H,18,21). The predicted octanol–water partition coefficient (Wildman–Crippen LogP) is 1.25. The zero-order valence-electron chi connectivity index (χ0n) is 12.8. The van der Waals surface area contributed by atoms with Crippen LogP contribution in [0.4, 0.5) is 0 Å². The van der Waals surface area contributed by atoms with Crippen molar-refractivity contribution in [3.05, 3.63) is 46.6 Å². The van der Waals surface area contributed by atoms with Crippen molar-refractivity contribution < 1.29 is 14.1 Å². The summed E-state index contributed by atoms with van der Waals surface area (Å²) in [5.74, 6) is 0.334. The molecule has 22 heavy (non-hydrogen) atoms. The molecule has 2 rings (SSSR count). The molecule has 0 aromatic carbocycles. The average molecular weight is 302 g/mol. The van der Waals surface area contributed by atoms with Gasteiger partial charge in [0, 0.05) is 30.8 Å². The van der Waals surface area contributed by atoms with Crippen LogP contribution in [0.3, 0.4) is 0 Å². The molecule has 0 saturated heterocycles. The zero-order chi connectivity index (χ0) is 16.1. The van der Waals surface area contributed by atoms with Gasteiger partial charge < -0.3 is 15.2 Å². The molecule has 0 fully saturated rings. The second-order valence-electron chi connectivity index (χ2n) is 4.93. The van der Waals surface area contributed by atoms with Crippen LogP contribution in [0.1, 0.15) is 40.0 Å². The summed E-state index contributed by atoms with van der Waals surface area (Å²) in [6, 6.07) is 3.28. The number of hydrogen-bond donors (Lipinski definition) is 2. The Morgan fingerprint density at radius 2 is 2.00 bits per heavy atom. The van der Waals surface area contributed by atoms with E-state index in [2.05, 4.69) is 20.8 Å². The van der Waals surface area contributed by atoms with Gasteiger partial charge >= 0.3 is 0 Å². The van der Waals surface area contributed by atoms with Gasteiger partial charge in [-0.25, -0.2) is 0 Å². The first-order valence-corrected chi connectivity index (χ1v) is 6.86. The minimum atomic E-state index is -0.216. The van der Waals surface area contributed by atoms with Crippen LogP contribution in [0.2, 0.25) is 0 Å². The van der Waals surface area contributed by atoms with Crippen molar-refractivity contribution in [1.29, 1.82) is 0 Å². The van der Waals surface area contributed by atoms with Crippen LogP contribution in [-0.2, 0) is 17.9 Å². The summed E-state index contributed by atoms with van der Waals surface area (Å²) >= 11 is 0. The Bertz CT molecular complexity index is 674. The number of hydrogen-bond acceptors (Lipinski definition) is 5. The van der Waals surface area contributed by atoms with Gasteiger partial charge in [0.05, 0.1) is 17.9 Å². The Morgan fingerprint density at radius 1 is 1.23 bits per heavy atom. The predicted molar refractivity (Wildman–Crippen MR) is 78.9 cm³/mol. The van der Waals surface area contributed by atoms with Crippen LogP contribution in [0.15, 0.2) is 22.9 Å². The average Bonchev–Trinajstić information content (AvgIpc) is 2.82. The molecule has 0 aliphatic carbocycles. The molecule has 7 heteroatoms. The molecule has 2 aromatic rings. The number of nitrogens with one attached hydrogen (secondary N) is 2. The Balaban J connectivity index is 2.00. The molecule has 0 aliphatic heterocycles. The van der Waals surface area contributed by atoms with Gasteiger partial charge in [-0.1, -0.05) is 5.16 Å². The van der Waals surface area contributed by atoms with E-state index in [0.29, 0.717) is 30.1 Å². The van der Waals surface area contributed by atoms with E-state index < -0.39 is 0 Å². The molecule has 0 radical (unpaired) electrons. The first kappa shape index (κ1) is 15.7. The third-order valence-electron chi connectivity index (χ3n) is 3.20. The summed E-state index contributed by atoms with van der Waals surface area (Å²) in [7, 11) is 0. The molecule has 2 N–H and O–H groups in total. The molecule has 0 atom stereocenters. The molecule has 2 heterocycles. The molecule has 116 valence electrons.